The third-order valence-corrected chi connectivity index (χ3v) is 6.74. The molecule has 0 bridgehead atoms. The van der Waals surface area contributed by atoms with Gasteiger partial charge in [0.15, 0.2) is 6.35 Å². The summed E-state index contributed by atoms with van der Waals surface area (Å²) in [6.07, 6.45) is 0.324. The van der Waals surface area contributed by atoms with E-state index in [4.69, 9.17) is 12.3 Å². The van der Waals surface area contributed by atoms with E-state index >= 15 is 0 Å². The van der Waals surface area contributed by atoms with Crippen LogP contribution in [-0.2, 0) is 4.74 Å². The van der Waals surface area contributed by atoms with Crippen LogP contribution < -0.4 is 0 Å². The normalized spacial score (nSPS) is 15.1. The predicted octanol–water partition coefficient (Wildman–Crippen LogP) is 3.33. The minimum atomic E-state index is -1.74. The van der Waals surface area contributed by atoms with Gasteiger partial charge in [-0.25, -0.2) is 4.79 Å². The summed E-state index contributed by atoms with van der Waals surface area (Å²) >= 11 is 0. The van der Waals surface area contributed by atoms with Gasteiger partial charge in [0.05, 0.1) is 10.7 Å². The Labute approximate surface area is 105 Å². The first-order valence-electron chi connectivity index (χ1n) is 5.60. The highest BCUT2D eigenvalue weighted by Crippen LogP contribution is 2.61. The predicted molar refractivity (Wildman–Crippen MR) is 75.1 cm³/mol. The number of benzene rings is 1. The van der Waals surface area contributed by atoms with Crippen molar-refractivity contribution in [3.63, 3.8) is 0 Å². The third kappa shape index (κ3) is 3.85. The van der Waals surface area contributed by atoms with Crippen LogP contribution in [0.15, 0.2) is 30.3 Å². The zero-order valence-corrected chi connectivity index (χ0v) is 11.8. The summed E-state index contributed by atoms with van der Waals surface area (Å²) in [5.41, 5.74) is 0.571. The topological polar surface area (TPSA) is 26.3 Å². The lowest BCUT2D eigenvalue weighted by Gasteiger charge is -2.31. The van der Waals surface area contributed by atoms with Crippen LogP contribution in [0.2, 0.25) is 0 Å². The van der Waals surface area contributed by atoms with Crippen LogP contribution in [0.1, 0.15) is 31.1 Å². The molecule has 0 spiro atoms. The molecule has 17 heavy (non-hydrogen) atoms. The largest absolute Gasteiger partial charge is 0.428 e. The molecule has 0 aromatic heterocycles. The van der Waals surface area contributed by atoms with Gasteiger partial charge < -0.3 is 4.74 Å². The Morgan fingerprint density at radius 2 is 1.82 bits per heavy atom. The van der Waals surface area contributed by atoms with Gasteiger partial charge in [-0.05, 0) is 32.9 Å². The van der Waals surface area contributed by atoms with Crippen molar-refractivity contribution >= 4 is 20.7 Å². The van der Waals surface area contributed by atoms with E-state index in [1.54, 1.807) is 12.1 Å². The van der Waals surface area contributed by atoms with Crippen molar-refractivity contribution in [2.45, 2.75) is 25.9 Å². The van der Waals surface area contributed by atoms with Crippen LogP contribution in [0.3, 0.4) is 0 Å². The molecule has 1 atom stereocenters. The van der Waals surface area contributed by atoms with Crippen LogP contribution >= 0.6 is 7.14 Å². The molecule has 0 aliphatic heterocycles. The van der Waals surface area contributed by atoms with Crippen molar-refractivity contribution in [1.29, 1.82) is 0 Å². The van der Waals surface area contributed by atoms with Crippen LogP contribution in [-0.4, -0.2) is 31.7 Å². The van der Waals surface area contributed by atoms with Crippen LogP contribution in [0.4, 0.5) is 0 Å². The zero-order valence-electron chi connectivity index (χ0n) is 10.9. The van der Waals surface area contributed by atoms with Crippen molar-refractivity contribution in [1.82, 2.24) is 0 Å². The van der Waals surface area contributed by atoms with Gasteiger partial charge in [0.25, 0.3) is 0 Å². The first-order valence-corrected chi connectivity index (χ1v) is 8.09. The summed E-state index contributed by atoms with van der Waals surface area (Å²) in [5.74, 6) is -0.300. The molecular formula is C13H19BO2P+. The molecule has 1 unspecified atom stereocenters. The van der Waals surface area contributed by atoms with E-state index < -0.39 is 7.14 Å². The maximum atomic E-state index is 11.8. The molecule has 0 saturated carbocycles. The van der Waals surface area contributed by atoms with Crippen LogP contribution in [0.5, 0.6) is 0 Å². The monoisotopic (exact) mass is 249 g/mol. The van der Waals surface area contributed by atoms with E-state index in [-0.39, 0.29) is 11.1 Å². The molecule has 0 saturated heterocycles. The highest BCUT2D eigenvalue weighted by molar-refractivity contribution is 7.97. The van der Waals surface area contributed by atoms with Crippen LogP contribution in [0.25, 0.3) is 0 Å². The van der Waals surface area contributed by atoms with Crippen molar-refractivity contribution in [2.24, 2.45) is 0 Å². The Bertz CT molecular complexity index is 382. The summed E-state index contributed by atoms with van der Waals surface area (Å²) in [5, 5.41) is -0.00995. The number of hydrogen-bond donors (Lipinski definition) is 0. The summed E-state index contributed by atoms with van der Waals surface area (Å²) in [7, 11) is 4.51. The lowest BCUT2D eigenvalue weighted by atomic mass is 10.2. The van der Waals surface area contributed by atoms with Gasteiger partial charge in [0.2, 0.25) is 0 Å². The number of esters is 1. The Balaban J connectivity index is 2.61. The van der Waals surface area contributed by atoms with Crippen LogP contribution in [0, 0.1) is 0 Å². The first-order chi connectivity index (χ1) is 7.74. The fourth-order valence-electron chi connectivity index (χ4n) is 1.04. The summed E-state index contributed by atoms with van der Waals surface area (Å²) in [6.45, 7) is 8.25. The Morgan fingerprint density at radius 3 is 2.29 bits per heavy atom. The minimum absolute atomic E-state index is 0.00995. The van der Waals surface area contributed by atoms with E-state index in [1.165, 1.54) is 0 Å². The Morgan fingerprint density at radius 1 is 1.29 bits per heavy atom. The zero-order chi connectivity index (χ0) is 13.1. The lowest BCUT2D eigenvalue weighted by molar-refractivity contribution is 0.0573. The second-order valence-electron chi connectivity index (χ2n) is 5.37. The summed E-state index contributed by atoms with van der Waals surface area (Å²) in [6, 6.07) is 8.98. The standard InChI is InChI=1S/C13H19BO2P/c1-13(2,3)17(4,14)10-16-12(15)11-8-6-5-7-9-11/h5-9H,10H2,1-4H3/q+1. The van der Waals surface area contributed by atoms with Crippen molar-refractivity contribution < 1.29 is 9.53 Å². The van der Waals surface area contributed by atoms with Gasteiger partial charge in [-0.3, -0.25) is 0 Å². The quantitative estimate of drug-likeness (QED) is 0.466. The second kappa shape index (κ2) is 5.22. The number of hydrogen-bond acceptors (Lipinski definition) is 2. The maximum absolute atomic E-state index is 11.8. The fraction of sp³-hybridized carbons (Fsp3) is 0.462. The highest BCUT2D eigenvalue weighted by Gasteiger charge is 2.41. The second-order valence-corrected chi connectivity index (χ2v) is 9.50. The molecule has 2 nitrogen and oxygen atoms in total. The molecule has 4 heteroatoms. The average molecular weight is 249 g/mol. The average Bonchev–Trinajstić information content (AvgIpc) is 2.25. The third-order valence-electron chi connectivity index (χ3n) is 3.01. The van der Waals surface area contributed by atoms with Gasteiger partial charge in [-0.1, -0.05) is 18.2 Å². The van der Waals surface area contributed by atoms with Crippen molar-refractivity contribution in [2.75, 3.05) is 13.0 Å². The molecule has 90 valence electrons. The smallest absolute Gasteiger partial charge is 0.369 e. The van der Waals surface area contributed by atoms with Crippen molar-refractivity contribution in [3.8, 4) is 0 Å². The number of carbonyl (C=O) groups excluding carboxylic acids is 1. The lowest BCUT2D eigenvalue weighted by Crippen LogP contribution is -2.24. The molecular weight excluding hydrogens is 230 g/mol. The SMILES string of the molecule is [B][P+](C)(COC(=O)c1ccccc1)C(C)(C)C. The Hall–Kier alpha value is -0.815. The molecule has 0 fully saturated rings. The van der Waals surface area contributed by atoms with E-state index in [9.17, 15) is 4.79 Å². The number of carbonyl (C=O) groups is 1. The molecule has 1 aromatic carbocycles. The maximum Gasteiger partial charge on any atom is 0.369 e. The van der Waals surface area contributed by atoms with E-state index in [2.05, 4.69) is 20.8 Å². The van der Waals surface area contributed by atoms with Gasteiger partial charge >= 0.3 is 13.5 Å². The first kappa shape index (κ1) is 14.2. The molecule has 0 amide bonds. The summed E-state index contributed by atoms with van der Waals surface area (Å²) < 4.78 is 5.30. The molecule has 0 aliphatic carbocycles. The van der Waals surface area contributed by atoms with Crippen molar-refractivity contribution in [3.05, 3.63) is 35.9 Å². The molecule has 1 rings (SSSR count). The molecule has 0 heterocycles. The van der Waals surface area contributed by atoms with Gasteiger partial charge in [0, 0.05) is 13.8 Å². The highest BCUT2D eigenvalue weighted by atomic mass is 31.2. The number of rotatable bonds is 3. The number of ether oxygens (including phenoxy) is 1. The minimum Gasteiger partial charge on any atom is -0.428 e. The molecule has 0 N–H and O–H groups in total. The molecule has 0 aliphatic rings. The van der Waals surface area contributed by atoms with E-state index in [0.717, 1.165) is 0 Å². The fourth-order valence-corrected chi connectivity index (χ4v) is 1.82. The van der Waals surface area contributed by atoms with E-state index in [0.29, 0.717) is 11.9 Å². The molecule has 1 aromatic rings. The molecule has 2 radical (unpaired) electrons. The van der Waals surface area contributed by atoms with Gasteiger partial charge in [-0.15, -0.1) is 0 Å². The Kier molecular flexibility index (Phi) is 4.38. The van der Waals surface area contributed by atoms with Gasteiger partial charge in [0.1, 0.15) is 0 Å². The summed E-state index contributed by atoms with van der Waals surface area (Å²) in [4.78, 5) is 11.8. The van der Waals surface area contributed by atoms with E-state index in [1.807, 2.05) is 24.9 Å². The van der Waals surface area contributed by atoms with Gasteiger partial charge in [-0.2, -0.15) is 0 Å².